The summed E-state index contributed by atoms with van der Waals surface area (Å²) in [5, 5.41) is 8.20. The van der Waals surface area contributed by atoms with Crippen LogP contribution in [-0.2, 0) is 0 Å². The lowest BCUT2D eigenvalue weighted by molar-refractivity contribution is 0.404. The molecule has 34 heavy (non-hydrogen) atoms. The fourth-order valence-electron chi connectivity index (χ4n) is 4.16. The fourth-order valence-corrected chi connectivity index (χ4v) is 4.52. The number of halogens is 1. The van der Waals surface area contributed by atoms with Crippen LogP contribution in [-0.4, -0.2) is 15.3 Å². The lowest BCUT2D eigenvalue weighted by Gasteiger charge is -2.37. The number of hydrogen-bond donors (Lipinski definition) is 1. The van der Waals surface area contributed by atoms with E-state index in [1.807, 2.05) is 49.9 Å². The minimum Gasteiger partial charge on any atom is -0.351 e. The summed E-state index contributed by atoms with van der Waals surface area (Å²) in [6.07, 6.45) is 0. The first-order valence-corrected chi connectivity index (χ1v) is 11.4. The van der Waals surface area contributed by atoms with Crippen molar-refractivity contribution in [1.29, 1.82) is 0 Å². The molecule has 1 aliphatic rings. The number of nitrogens with zero attached hydrogens (tertiary/aromatic N) is 3. The van der Waals surface area contributed by atoms with E-state index >= 15 is 0 Å². The van der Waals surface area contributed by atoms with Crippen molar-refractivity contribution in [3.63, 3.8) is 0 Å². The van der Waals surface area contributed by atoms with Gasteiger partial charge < -0.3 is 9.84 Å². The Hall–Kier alpha value is -3.84. The largest absolute Gasteiger partial charge is 0.351 e. The molecule has 5 rings (SSSR count). The Kier molecular flexibility index (Phi) is 5.71. The van der Waals surface area contributed by atoms with Gasteiger partial charge in [0.15, 0.2) is 5.11 Å². The molecule has 0 amide bonds. The highest BCUT2D eigenvalue weighted by atomic mass is 32.1. The van der Waals surface area contributed by atoms with Crippen LogP contribution < -0.4 is 10.2 Å². The molecular formula is C27H23FN4OS. The summed E-state index contributed by atoms with van der Waals surface area (Å²) in [5.74, 6) is 0.614. The average molecular weight is 471 g/mol. The molecule has 1 aromatic heterocycles. The molecule has 0 radical (unpaired) electrons. The second-order valence-corrected chi connectivity index (χ2v) is 8.78. The molecule has 3 aromatic carbocycles. The monoisotopic (exact) mass is 470 g/mol. The van der Waals surface area contributed by atoms with E-state index in [2.05, 4.69) is 34.7 Å². The molecule has 1 aliphatic heterocycles. The van der Waals surface area contributed by atoms with Gasteiger partial charge in [-0.1, -0.05) is 58.7 Å². The summed E-state index contributed by atoms with van der Waals surface area (Å²) < 4.78 is 19.4. The Bertz CT molecular complexity index is 1390. The molecular weight excluding hydrogens is 447 g/mol. The smallest absolute Gasteiger partial charge is 0.258 e. The number of thiocarbonyl (C=S) groups is 1. The number of nitrogens with one attached hydrogen (secondary N) is 1. The van der Waals surface area contributed by atoms with Crippen molar-refractivity contribution in [2.24, 2.45) is 0 Å². The summed E-state index contributed by atoms with van der Waals surface area (Å²) in [5.41, 5.74) is 6.58. The molecule has 4 aromatic rings. The number of rotatable bonds is 4. The molecule has 2 heterocycles. The number of benzene rings is 3. The van der Waals surface area contributed by atoms with Gasteiger partial charge in [0.2, 0.25) is 5.82 Å². The zero-order chi connectivity index (χ0) is 23.8. The summed E-state index contributed by atoms with van der Waals surface area (Å²) in [6.45, 7) is 6.04. The minimum absolute atomic E-state index is 0.282. The second kappa shape index (κ2) is 8.83. The topological polar surface area (TPSA) is 54.2 Å². The molecule has 170 valence electrons. The number of anilines is 1. The van der Waals surface area contributed by atoms with E-state index in [9.17, 15) is 4.39 Å². The molecule has 0 fully saturated rings. The molecule has 0 aliphatic carbocycles. The highest BCUT2D eigenvalue weighted by molar-refractivity contribution is 7.80. The van der Waals surface area contributed by atoms with Crippen LogP contribution in [0.5, 0.6) is 0 Å². The van der Waals surface area contributed by atoms with Gasteiger partial charge in [0.1, 0.15) is 5.82 Å². The predicted molar refractivity (Wildman–Crippen MR) is 136 cm³/mol. The molecule has 0 saturated heterocycles. The van der Waals surface area contributed by atoms with Crippen LogP contribution in [0.15, 0.2) is 83.0 Å². The Morgan fingerprint density at radius 3 is 2.38 bits per heavy atom. The van der Waals surface area contributed by atoms with E-state index in [4.69, 9.17) is 21.7 Å². The van der Waals surface area contributed by atoms with Crippen LogP contribution in [0, 0.1) is 19.7 Å². The van der Waals surface area contributed by atoms with Gasteiger partial charge in [0.05, 0.1) is 11.6 Å². The van der Waals surface area contributed by atoms with Crippen LogP contribution in [0.4, 0.5) is 10.1 Å². The van der Waals surface area contributed by atoms with E-state index in [0.29, 0.717) is 16.8 Å². The zero-order valence-corrected chi connectivity index (χ0v) is 19.9. The summed E-state index contributed by atoms with van der Waals surface area (Å²) in [7, 11) is 0. The SMILES string of the molecule is CC1=C(c2nc(-c3cccc(C)c3)no2)C(c2ccc(C)cc2)NC(=S)N1c1ccc(F)cc1. The molecule has 1 unspecified atom stereocenters. The lowest BCUT2D eigenvalue weighted by Crippen LogP contribution is -2.46. The normalized spacial score (nSPS) is 16.1. The van der Waals surface area contributed by atoms with E-state index in [1.165, 1.54) is 12.1 Å². The van der Waals surface area contributed by atoms with Crippen LogP contribution in [0.2, 0.25) is 0 Å². The van der Waals surface area contributed by atoms with Crippen molar-refractivity contribution in [1.82, 2.24) is 15.5 Å². The zero-order valence-electron chi connectivity index (χ0n) is 19.0. The van der Waals surface area contributed by atoms with E-state index in [0.717, 1.165) is 39.2 Å². The van der Waals surface area contributed by atoms with Crippen LogP contribution in [0.3, 0.4) is 0 Å². The van der Waals surface area contributed by atoms with Crippen molar-refractivity contribution in [3.05, 3.63) is 107 Å². The lowest BCUT2D eigenvalue weighted by atomic mass is 9.94. The Labute approximate surface area is 202 Å². The van der Waals surface area contributed by atoms with Crippen molar-refractivity contribution in [2.45, 2.75) is 26.8 Å². The first kappa shape index (κ1) is 22.0. The first-order chi connectivity index (χ1) is 16.4. The molecule has 0 saturated carbocycles. The summed E-state index contributed by atoms with van der Waals surface area (Å²) >= 11 is 5.74. The molecule has 1 atom stereocenters. The summed E-state index contributed by atoms with van der Waals surface area (Å²) in [4.78, 5) is 6.62. The maximum Gasteiger partial charge on any atom is 0.258 e. The molecule has 1 N–H and O–H groups in total. The molecule has 0 bridgehead atoms. The number of allylic oxidation sites excluding steroid dienone is 1. The highest BCUT2D eigenvalue weighted by Gasteiger charge is 2.34. The van der Waals surface area contributed by atoms with Crippen LogP contribution in [0.25, 0.3) is 17.0 Å². The fraction of sp³-hybridized carbons (Fsp3) is 0.148. The molecule has 7 heteroatoms. The average Bonchev–Trinajstić information content (AvgIpc) is 3.30. The summed E-state index contributed by atoms with van der Waals surface area (Å²) in [6, 6.07) is 22.2. The Morgan fingerprint density at radius 2 is 1.68 bits per heavy atom. The number of aromatic nitrogens is 2. The van der Waals surface area contributed by atoms with Gasteiger partial charge in [-0.25, -0.2) is 4.39 Å². The van der Waals surface area contributed by atoms with E-state index in [1.54, 1.807) is 12.1 Å². The number of hydrogen-bond acceptors (Lipinski definition) is 4. The van der Waals surface area contributed by atoms with E-state index < -0.39 is 0 Å². The van der Waals surface area contributed by atoms with Crippen molar-refractivity contribution in [3.8, 4) is 11.4 Å². The Morgan fingerprint density at radius 1 is 0.941 bits per heavy atom. The van der Waals surface area contributed by atoms with Gasteiger partial charge in [-0.05, 0) is 68.9 Å². The first-order valence-electron chi connectivity index (χ1n) is 11.0. The number of aryl methyl sites for hydroxylation is 2. The maximum absolute atomic E-state index is 13.6. The third kappa shape index (κ3) is 4.10. The van der Waals surface area contributed by atoms with Crippen molar-refractivity contribution < 1.29 is 8.91 Å². The minimum atomic E-state index is -0.307. The maximum atomic E-state index is 13.6. The third-order valence-electron chi connectivity index (χ3n) is 5.91. The van der Waals surface area contributed by atoms with Gasteiger partial charge in [-0.3, -0.25) is 4.90 Å². The molecule has 0 spiro atoms. The van der Waals surface area contributed by atoms with Gasteiger partial charge >= 0.3 is 0 Å². The quantitative estimate of drug-likeness (QED) is 0.350. The molecule has 5 nitrogen and oxygen atoms in total. The third-order valence-corrected chi connectivity index (χ3v) is 6.21. The standard InChI is InChI=1S/C27H23FN4OS/c1-16-7-9-19(10-8-16)24-23(26-30-25(31-33-26)20-6-4-5-17(2)15-20)18(3)32(27(34)29-24)22-13-11-21(28)12-14-22/h4-15,24H,1-3H3,(H,29,34). The van der Waals surface area contributed by atoms with Crippen LogP contribution >= 0.6 is 12.2 Å². The second-order valence-electron chi connectivity index (χ2n) is 8.40. The van der Waals surface area contributed by atoms with Gasteiger partial charge in [0, 0.05) is 16.9 Å². The predicted octanol–water partition coefficient (Wildman–Crippen LogP) is 6.36. The van der Waals surface area contributed by atoms with E-state index in [-0.39, 0.29) is 11.9 Å². The van der Waals surface area contributed by atoms with Gasteiger partial charge in [-0.15, -0.1) is 0 Å². The Balaban J connectivity index is 1.65. The van der Waals surface area contributed by atoms with Gasteiger partial charge in [0.25, 0.3) is 5.89 Å². The van der Waals surface area contributed by atoms with Crippen LogP contribution in [0.1, 0.15) is 35.5 Å². The highest BCUT2D eigenvalue weighted by Crippen LogP contribution is 2.39. The van der Waals surface area contributed by atoms with Gasteiger partial charge in [-0.2, -0.15) is 4.98 Å². The van der Waals surface area contributed by atoms with Crippen molar-refractivity contribution in [2.75, 3.05) is 4.90 Å². The van der Waals surface area contributed by atoms with Crippen molar-refractivity contribution >= 4 is 28.6 Å².